The number of aromatic nitrogens is 2. The molecule has 0 fully saturated rings. The van der Waals surface area contributed by atoms with Crippen molar-refractivity contribution >= 4 is 28.5 Å². The molecular formula is C21H16N4O3. The Morgan fingerprint density at radius 2 is 1.68 bits per heavy atom. The molecule has 0 radical (unpaired) electrons. The monoisotopic (exact) mass is 372 g/mol. The van der Waals surface area contributed by atoms with Gasteiger partial charge >= 0.3 is 0 Å². The van der Waals surface area contributed by atoms with Gasteiger partial charge in [-0.25, -0.2) is 4.98 Å². The van der Waals surface area contributed by atoms with E-state index in [0.717, 1.165) is 0 Å². The van der Waals surface area contributed by atoms with Crippen LogP contribution in [0.5, 0.6) is 11.5 Å². The van der Waals surface area contributed by atoms with Crippen LogP contribution >= 0.6 is 0 Å². The van der Waals surface area contributed by atoms with E-state index in [2.05, 4.69) is 15.3 Å². The predicted molar refractivity (Wildman–Crippen MR) is 106 cm³/mol. The largest absolute Gasteiger partial charge is 0.455 e. The number of fused-ring (bicyclic) bond motifs is 1. The number of benzene rings is 3. The van der Waals surface area contributed by atoms with E-state index in [0.29, 0.717) is 33.8 Å². The van der Waals surface area contributed by atoms with Gasteiger partial charge in [-0.1, -0.05) is 36.4 Å². The number of nitrogens with two attached hydrogens (primary N) is 1. The van der Waals surface area contributed by atoms with E-state index < -0.39 is 5.91 Å². The van der Waals surface area contributed by atoms with E-state index in [-0.39, 0.29) is 11.7 Å². The SMILES string of the molecule is NC(=O)c1nc2c(C(=O)Nc3ccccc3Oc3ccccc3)cccc2[nH]1. The summed E-state index contributed by atoms with van der Waals surface area (Å²) >= 11 is 0. The van der Waals surface area contributed by atoms with Crippen LogP contribution in [0.4, 0.5) is 5.69 Å². The molecule has 2 amide bonds. The predicted octanol–water partition coefficient (Wildman–Crippen LogP) is 3.71. The first-order chi connectivity index (χ1) is 13.6. The van der Waals surface area contributed by atoms with Crippen molar-refractivity contribution in [2.45, 2.75) is 0 Å². The van der Waals surface area contributed by atoms with Crippen LogP contribution in [0.2, 0.25) is 0 Å². The summed E-state index contributed by atoms with van der Waals surface area (Å²) < 4.78 is 5.87. The Morgan fingerprint density at radius 1 is 0.929 bits per heavy atom. The summed E-state index contributed by atoms with van der Waals surface area (Å²) in [6, 6.07) is 21.5. The first-order valence-electron chi connectivity index (χ1n) is 8.53. The van der Waals surface area contributed by atoms with Crippen LogP contribution in [0.1, 0.15) is 21.0 Å². The number of amides is 2. The molecule has 4 N–H and O–H groups in total. The van der Waals surface area contributed by atoms with Crippen molar-refractivity contribution in [2.24, 2.45) is 5.73 Å². The van der Waals surface area contributed by atoms with Crippen molar-refractivity contribution in [3.05, 3.63) is 84.2 Å². The van der Waals surface area contributed by atoms with Crippen LogP contribution in [0.3, 0.4) is 0 Å². The number of carbonyl (C=O) groups excluding carboxylic acids is 2. The molecule has 0 aliphatic carbocycles. The number of rotatable bonds is 5. The molecule has 0 aliphatic rings. The van der Waals surface area contributed by atoms with E-state index in [9.17, 15) is 9.59 Å². The minimum absolute atomic E-state index is 0.00283. The Bertz CT molecular complexity index is 1170. The maximum absolute atomic E-state index is 12.9. The number of nitrogens with zero attached hydrogens (tertiary/aromatic N) is 1. The zero-order valence-electron chi connectivity index (χ0n) is 14.7. The third kappa shape index (κ3) is 3.41. The molecule has 138 valence electrons. The molecule has 0 unspecified atom stereocenters. The van der Waals surface area contributed by atoms with Gasteiger partial charge in [0, 0.05) is 0 Å². The molecule has 7 nitrogen and oxygen atoms in total. The number of aromatic amines is 1. The Morgan fingerprint density at radius 3 is 2.46 bits per heavy atom. The lowest BCUT2D eigenvalue weighted by Crippen LogP contribution is -2.14. The van der Waals surface area contributed by atoms with Gasteiger partial charge in [-0.15, -0.1) is 0 Å². The first kappa shape index (κ1) is 17.3. The number of anilines is 1. The average molecular weight is 372 g/mol. The Labute approximate surface area is 160 Å². The first-order valence-corrected chi connectivity index (χ1v) is 8.53. The highest BCUT2D eigenvalue weighted by molar-refractivity contribution is 6.12. The van der Waals surface area contributed by atoms with Gasteiger partial charge in [-0.3, -0.25) is 9.59 Å². The topological polar surface area (TPSA) is 110 Å². The highest BCUT2D eigenvalue weighted by Crippen LogP contribution is 2.30. The number of hydrogen-bond acceptors (Lipinski definition) is 4. The lowest BCUT2D eigenvalue weighted by Gasteiger charge is -2.12. The minimum Gasteiger partial charge on any atom is -0.455 e. The van der Waals surface area contributed by atoms with E-state index in [1.807, 2.05) is 36.4 Å². The number of nitrogens with one attached hydrogen (secondary N) is 2. The molecule has 28 heavy (non-hydrogen) atoms. The standard InChI is InChI=1S/C21H16N4O3/c22-19(26)20-23-16-11-6-9-14(18(16)25-20)21(27)24-15-10-4-5-12-17(15)28-13-7-2-1-3-8-13/h1-12H,(H2,22,26)(H,23,25)(H,24,27). The number of ether oxygens (including phenoxy) is 1. The summed E-state index contributed by atoms with van der Waals surface area (Å²) in [5.41, 5.74) is 7.02. The van der Waals surface area contributed by atoms with Gasteiger partial charge < -0.3 is 20.8 Å². The van der Waals surface area contributed by atoms with E-state index in [4.69, 9.17) is 10.5 Å². The van der Waals surface area contributed by atoms with E-state index in [1.54, 1.807) is 36.4 Å². The molecule has 4 aromatic rings. The van der Waals surface area contributed by atoms with Crippen LogP contribution in [0.15, 0.2) is 72.8 Å². The number of primary amides is 1. The molecule has 0 atom stereocenters. The molecule has 4 rings (SSSR count). The maximum Gasteiger partial charge on any atom is 0.284 e. The summed E-state index contributed by atoms with van der Waals surface area (Å²) in [6.07, 6.45) is 0. The highest BCUT2D eigenvalue weighted by atomic mass is 16.5. The lowest BCUT2D eigenvalue weighted by molar-refractivity contribution is 0.0989. The van der Waals surface area contributed by atoms with Crippen LogP contribution < -0.4 is 15.8 Å². The zero-order chi connectivity index (χ0) is 19.5. The summed E-state index contributed by atoms with van der Waals surface area (Å²) in [5.74, 6) is 0.100. The maximum atomic E-state index is 12.9. The molecule has 7 heteroatoms. The summed E-state index contributed by atoms with van der Waals surface area (Å²) in [6.45, 7) is 0. The number of para-hydroxylation sites is 4. The second-order valence-electron chi connectivity index (χ2n) is 6.02. The second kappa shape index (κ2) is 7.24. The lowest BCUT2D eigenvalue weighted by atomic mass is 10.1. The van der Waals surface area contributed by atoms with Crippen LogP contribution in [-0.2, 0) is 0 Å². The Kier molecular flexibility index (Phi) is 4.47. The van der Waals surface area contributed by atoms with Gasteiger partial charge in [0.1, 0.15) is 11.3 Å². The van der Waals surface area contributed by atoms with Gasteiger partial charge in [0.25, 0.3) is 11.8 Å². The van der Waals surface area contributed by atoms with Crippen LogP contribution in [0, 0.1) is 0 Å². The third-order valence-electron chi connectivity index (χ3n) is 4.10. The van der Waals surface area contributed by atoms with Crippen molar-refractivity contribution in [3.8, 4) is 11.5 Å². The number of imidazole rings is 1. The molecule has 1 aromatic heterocycles. The Hall–Kier alpha value is -4.13. The fourth-order valence-corrected chi connectivity index (χ4v) is 2.80. The highest BCUT2D eigenvalue weighted by Gasteiger charge is 2.17. The van der Waals surface area contributed by atoms with Crippen molar-refractivity contribution in [3.63, 3.8) is 0 Å². The number of hydrogen-bond donors (Lipinski definition) is 3. The number of carbonyl (C=O) groups is 2. The van der Waals surface area contributed by atoms with Gasteiger partial charge in [-0.05, 0) is 36.4 Å². The fraction of sp³-hybridized carbons (Fsp3) is 0. The van der Waals surface area contributed by atoms with E-state index >= 15 is 0 Å². The minimum atomic E-state index is -0.691. The average Bonchev–Trinajstić information content (AvgIpc) is 3.15. The smallest absolute Gasteiger partial charge is 0.284 e. The molecule has 0 saturated carbocycles. The van der Waals surface area contributed by atoms with Gasteiger partial charge in [0.15, 0.2) is 11.6 Å². The summed E-state index contributed by atoms with van der Waals surface area (Å²) in [7, 11) is 0. The van der Waals surface area contributed by atoms with Gasteiger partial charge in [-0.2, -0.15) is 0 Å². The fourth-order valence-electron chi connectivity index (χ4n) is 2.80. The second-order valence-corrected chi connectivity index (χ2v) is 6.02. The molecule has 3 aromatic carbocycles. The molecule has 0 spiro atoms. The van der Waals surface area contributed by atoms with Crippen LogP contribution in [0.25, 0.3) is 11.0 Å². The van der Waals surface area contributed by atoms with Crippen molar-refractivity contribution < 1.29 is 14.3 Å². The van der Waals surface area contributed by atoms with Crippen LogP contribution in [-0.4, -0.2) is 21.8 Å². The zero-order valence-corrected chi connectivity index (χ0v) is 14.7. The molecule has 0 saturated heterocycles. The summed E-state index contributed by atoms with van der Waals surface area (Å²) in [4.78, 5) is 31.2. The molecular weight excluding hydrogens is 356 g/mol. The molecule has 0 bridgehead atoms. The molecule has 1 heterocycles. The van der Waals surface area contributed by atoms with Gasteiger partial charge in [0.2, 0.25) is 0 Å². The normalized spacial score (nSPS) is 10.6. The summed E-state index contributed by atoms with van der Waals surface area (Å²) in [5, 5.41) is 2.84. The van der Waals surface area contributed by atoms with E-state index in [1.165, 1.54) is 0 Å². The quantitative estimate of drug-likeness (QED) is 0.496. The number of H-pyrrole nitrogens is 1. The molecule has 0 aliphatic heterocycles. The van der Waals surface area contributed by atoms with Crippen molar-refractivity contribution in [1.82, 2.24) is 9.97 Å². The van der Waals surface area contributed by atoms with Crippen molar-refractivity contribution in [1.29, 1.82) is 0 Å². The third-order valence-corrected chi connectivity index (χ3v) is 4.10. The van der Waals surface area contributed by atoms with Gasteiger partial charge in [0.05, 0.1) is 16.8 Å². The van der Waals surface area contributed by atoms with Crippen molar-refractivity contribution in [2.75, 3.05) is 5.32 Å². The Balaban J connectivity index is 1.64.